The molecule has 1 aliphatic rings. The number of ether oxygens (including phenoxy) is 1. The van der Waals surface area contributed by atoms with Gasteiger partial charge in [0.2, 0.25) is 5.91 Å². The molecule has 2 N–H and O–H groups in total. The summed E-state index contributed by atoms with van der Waals surface area (Å²) in [5.41, 5.74) is 7.36. The lowest BCUT2D eigenvalue weighted by Crippen LogP contribution is -2.49. The first-order chi connectivity index (χ1) is 11.6. The Morgan fingerprint density at radius 3 is 3.08 bits per heavy atom. The summed E-state index contributed by atoms with van der Waals surface area (Å²) in [6.07, 6.45) is 4.94. The minimum atomic E-state index is -0.259. The van der Waals surface area contributed by atoms with Gasteiger partial charge in [-0.25, -0.2) is 0 Å². The number of primary amides is 1. The largest absolute Gasteiger partial charge is 0.377 e. The van der Waals surface area contributed by atoms with Gasteiger partial charge in [0.1, 0.15) is 0 Å². The number of hydrogen-bond acceptors (Lipinski definition) is 4. The maximum atomic E-state index is 11.1. The van der Waals surface area contributed by atoms with E-state index in [1.54, 1.807) is 7.11 Å². The number of nitrogens with zero attached hydrogens (tertiary/aromatic N) is 2. The number of rotatable bonds is 6. The van der Waals surface area contributed by atoms with E-state index in [1.165, 1.54) is 10.9 Å². The van der Waals surface area contributed by atoms with Gasteiger partial charge in [-0.15, -0.1) is 0 Å². The van der Waals surface area contributed by atoms with Crippen molar-refractivity contribution in [2.45, 2.75) is 37.8 Å². The van der Waals surface area contributed by atoms with Gasteiger partial charge >= 0.3 is 0 Å². The average Bonchev–Trinajstić information content (AvgIpc) is 2.60. The average molecular weight is 327 g/mol. The molecule has 1 aliphatic heterocycles. The molecular weight excluding hydrogens is 302 g/mol. The SMILES string of the molecule is CO[C@]1(CCC(N)=O)CCCN(Cc2ccc3ncccc3c2)C1. The topological polar surface area (TPSA) is 68.5 Å². The Kier molecular flexibility index (Phi) is 5.11. The molecule has 0 spiro atoms. The first kappa shape index (κ1) is 16.9. The zero-order chi connectivity index (χ0) is 17.0. The van der Waals surface area contributed by atoms with Gasteiger partial charge in [-0.2, -0.15) is 0 Å². The van der Waals surface area contributed by atoms with Gasteiger partial charge in [0.25, 0.3) is 0 Å². The zero-order valence-corrected chi connectivity index (χ0v) is 14.2. The highest BCUT2D eigenvalue weighted by Gasteiger charge is 2.35. The van der Waals surface area contributed by atoms with E-state index in [1.807, 2.05) is 12.3 Å². The first-order valence-corrected chi connectivity index (χ1v) is 8.50. The number of pyridine rings is 1. The van der Waals surface area contributed by atoms with E-state index < -0.39 is 0 Å². The molecule has 3 rings (SSSR count). The van der Waals surface area contributed by atoms with E-state index in [9.17, 15) is 4.79 Å². The summed E-state index contributed by atoms with van der Waals surface area (Å²) in [6.45, 7) is 2.77. The number of aromatic nitrogens is 1. The summed E-state index contributed by atoms with van der Waals surface area (Å²) in [7, 11) is 1.74. The normalized spacial score (nSPS) is 21.9. The second kappa shape index (κ2) is 7.28. The molecule has 1 atom stereocenters. The van der Waals surface area contributed by atoms with Crippen molar-refractivity contribution >= 4 is 16.8 Å². The summed E-state index contributed by atoms with van der Waals surface area (Å²) >= 11 is 0. The van der Waals surface area contributed by atoms with Gasteiger partial charge in [0.15, 0.2) is 0 Å². The van der Waals surface area contributed by atoms with Crippen LogP contribution in [0.4, 0.5) is 0 Å². The molecule has 128 valence electrons. The van der Waals surface area contributed by atoms with Crippen LogP contribution in [0.1, 0.15) is 31.2 Å². The summed E-state index contributed by atoms with van der Waals surface area (Å²) in [5.74, 6) is -0.259. The fourth-order valence-corrected chi connectivity index (χ4v) is 3.63. The number of fused-ring (bicyclic) bond motifs is 1. The number of carbonyl (C=O) groups excluding carboxylic acids is 1. The van der Waals surface area contributed by atoms with Gasteiger partial charge in [-0.05, 0) is 49.6 Å². The molecule has 5 nitrogen and oxygen atoms in total. The Morgan fingerprint density at radius 1 is 1.42 bits per heavy atom. The second-order valence-electron chi connectivity index (χ2n) is 6.70. The number of amides is 1. The maximum absolute atomic E-state index is 11.1. The monoisotopic (exact) mass is 327 g/mol. The maximum Gasteiger partial charge on any atom is 0.217 e. The van der Waals surface area contributed by atoms with E-state index in [0.717, 1.165) is 38.0 Å². The molecule has 1 amide bonds. The van der Waals surface area contributed by atoms with Crippen molar-refractivity contribution in [1.82, 2.24) is 9.88 Å². The Hall–Kier alpha value is -1.98. The van der Waals surface area contributed by atoms with Crippen LogP contribution in [-0.4, -0.2) is 41.6 Å². The van der Waals surface area contributed by atoms with Gasteiger partial charge in [0.05, 0.1) is 11.1 Å². The molecule has 1 aromatic heterocycles. The number of benzene rings is 1. The molecule has 1 fully saturated rings. The molecule has 24 heavy (non-hydrogen) atoms. The number of piperidine rings is 1. The molecule has 0 aliphatic carbocycles. The first-order valence-electron chi connectivity index (χ1n) is 8.50. The van der Waals surface area contributed by atoms with Gasteiger partial charge in [-0.3, -0.25) is 14.7 Å². The zero-order valence-electron chi connectivity index (χ0n) is 14.2. The predicted molar refractivity (Wildman–Crippen MR) is 94.4 cm³/mol. The Labute approximate surface area is 142 Å². The highest BCUT2D eigenvalue weighted by atomic mass is 16.5. The number of carbonyl (C=O) groups is 1. The van der Waals surface area contributed by atoms with Gasteiger partial charge in [0, 0.05) is 38.2 Å². The summed E-state index contributed by atoms with van der Waals surface area (Å²) in [5, 5.41) is 1.17. The molecule has 0 unspecified atom stereocenters. The molecular formula is C19H25N3O2. The predicted octanol–water partition coefficient (Wildman–Crippen LogP) is 2.48. The third kappa shape index (κ3) is 3.91. The van der Waals surface area contributed by atoms with Crippen molar-refractivity contribution in [3.05, 3.63) is 42.1 Å². The van der Waals surface area contributed by atoms with E-state index in [4.69, 9.17) is 10.5 Å². The summed E-state index contributed by atoms with van der Waals surface area (Å²) in [4.78, 5) is 17.9. The minimum absolute atomic E-state index is 0.258. The Balaban J connectivity index is 1.70. The lowest BCUT2D eigenvalue weighted by Gasteiger charge is -2.42. The molecule has 2 aromatic rings. The number of nitrogens with two attached hydrogens (primary N) is 1. The highest BCUT2D eigenvalue weighted by molar-refractivity contribution is 5.78. The number of hydrogen-bond donors (Lipinski definition) is 1. The Bertz CT molecular complexity index is 719. The molecule has 0 radical (unpaired) electrons. The molecule has 2 heterocycles. The lowest BCUT2D eigenvalue weighted by molar-refractivity contribution is -0.121. The van der Waals surface area contributed by atoms with Gasteiger partial charge < -0.3 is 10.5 Å². The lowest BCUT2D eigenvalue weighted by atomic mass is 9.87. The van der Waals surface area contributed by atoms with Crippen LogP contribution in [0.15, 0.2) is 36.5 Å². The van der Waals surface area contributed by atoms with Crippen LogP contribution < -0.4 is 5.73 Å². The van der Waals surface area contributed by atoms with Crippen molar-refractivity contribution in [3.63, 3.8) is 0 Å². The van der Waals surface area contributed by atoms with Crippen molar-refractivity contribution in [2.75, 3.05) is 20.2 Å². The molecule has 1 saturated heterocycles. The van der Waals surface area contributed by atoms with E-state index >= 15 is 0 Å². The van der Waals surface area contributed by atoms with Crippen molar-refractivity contribution < 1.29 is 9.53 Å². The van der Waals surface area contributed by atoms with Crippen LogP contribution in [0.25, 0.3) is 10.9 Å². The van der Waals surface area contributed by atoms with Crippen LogP contribution in [0, 0.1) is 0 Å². The highest BCUT2D eigenvalue weighted by Crippen LogP contribution is 2.30. The van der Waals surface area contributed by atoms with Crippen LogP contribution >= 0.6 is 0 Å². The van der Waals surface area contributed by atoms with Crippen molar-refractivity contribution in [1.29, 1.82) is 0 Å². The van der Waals surface area contributed by atoms with Crippen LogP contribution in [-0.2, 0) is 16.1 Å². The molecule has 5 heteroatoms. The van der Waals surface area contributed by atoms with E-state index in [2.05, 4.69) is 34.1 Å². The van der Waals surface area contributed by atoms with Gasteiger partial charge in [-0.1, -0.05) is 12.1 Å². The van der Waals surface area contributed by atoms with E-state index in [-0.39, 0.29) is 11.5 Å². The third-order valence-corrected chi connectivity index (χ3v) is 4.95. The quantitative estimate of drug-likeness (QED) is 0.885. The molecule has 1 aromatic carbocycles. The van der Waals surface area contributed by atoms with Crippen LogP contribution in [0.5, 0.6) is 0 Å². The minimum Gasteiger partial charge on any atom is -0.377 e. The fraction of sp³-hybridized carbons (Fsp3) is 0.474. The number of likely N-dealkylation sites (tertiary alicyclic amines) is 1. The Morgan fingerprint density at radius 2 is 2.29 bits per heavy atom. The molecule has 0 bridgehead atoms. The van der Waals surface area contributed by atoms with Crippen molar-refractivity contribution in [2.24, 2.45) is 5.73 Å². The molecule has 0 saturated carbocycles. The summed E-state index contributed by atoms with van der Waals surface area (Å²) in [6, 6.07) is 10.5. The van der Waals surface area contributed by atoms with Crippen molar-refractivity contribution in [3.8, 4) is 0 Å². The summed E-state index contributed by atoms with van der Waals surface area (Å²) < 4.78 is 5.81. The smallest absolute Gasteiger partial charge is 0.217 e. The second-order valence-corrected chi connectivity index (χ2v) is 6.70. The van der Waals surface area contributed by atoms with E-state index in [0.29, 0.717) is 12.8 Å². The van der Waals surface area contributed by atoms with Crippen LogP contribution in [0.2, 0.25) is 0 Å². The fourth-order valence-electron chi connectivity index (χ4n) is 3.63. The van der Waals surface area contributed by atoms with Crippen LogP contribution in [0.3, 0.4) is 0 Å². The standard InChI is InChI=1S/C19H25N3O2/c1-24-19(9-7-18(20)23)8-3-11-22(14-19)13-15-5-6-17-16(12-15)4-2-10-21-17/h2,4-6,10,12H,3,7-9,11,13-14H2,1H3,(H2,20,23)/t19-/m0/s1. The third-order valence-electron chi connectivity index (χ3n) is 4.95. The number of methoxy groups -OCH3 is 1.